The van der Waals surface area contributed by atoms with Gasteiger partial charge >= 0.3 is 6.18 Å². The van der Waals surface area contributed by atoms with Gasteiger partial charge in [0.1, 0.15) is 5.75 Å². The molecule has 1 N–H and O–H groups in total. The van der Waals surface area contributed by atoms with Gasteiger partial charge in [-0.15, -0.1) is 0 Å². The minimum Gasteiger partial charge on any atom is -0.483 e. The van der Waals surface area contributed by atoms with E-state index in [9.17, 15) is 18.0 Å². The number of anilines is 2. The highest BCUT2D eigenvalue weighted by molar-refractivity contribution is 6.30. The Balaban J connectivity index is 1.76. The van der Waals surface area contributed by atoms with Gasteiger partial charge in [0.15, 0.2) is 6.61 Å². The summed E-state index contributed by atoms with van der Waals surface area (Å²) in [4.78, 5) is 14.4. The molecule has 2 aromatic rings. The number of benzene rings is 2. The molecule has 0 aromatic heterocycles. The molecular weight excluding hydrogens is 405 g/mol. The topological polar surface area (TPSA) is 41.6 Å². The maximum Gasteiger partial charge on any atom is 0.416 e. The predicted molar refractivity (Wildman–Crippen MR) is 108 cm³/mol. The van der Waals surface area contributed by atoms with E-state index < -0.39 is 17.6 Å². The number of ether oxygens (including phenoxy) is 1. The van der Waals surface area contributed by atoms with Gasteiger partial charge in [0.2, 0.25) is 0 Å². The van der Waals surface area contributed by atoms with Crippen molar-refractivity contribution in [1.29, 1.82) is 0 Å². The fraction of sp³-hybridized carbons (Fsp3) is 0.381. The molecule has 0 spiro atoms. The number of alkyl halides is 3. The summed E-state index contributed by atoms with van der Waals surface area (Å²) in [5.41, 5.74) is 0.693. The summed E-state index contributed by atoms with van der Waals surface area (Å²) in [5, 5.41) is 3.14. The molecule has 156 valence electrons. The van der Waals surface area contributed by atoms with Crippen molar-refractivity contribution in [2.75, 3.05) is 29.9 Å². The maximum atomic E-state index is 13.2. The molecule has 3 rings (SSSR count). The first-order chi connectivity index (χ1) is 13.7. The molecule has 0 saturated carbocycles. The summed E-state index contributed by atoms with van der Waals surface area (Å²) in [5.74, 6) is -0.0400. The molecule has 0 atom stereocenters. The van der Waals surface area contributed by atoms with Crippen LogP contribution in [0.4, 0.5) is 24.5 Å². The third kappa shape index (κ3) is 5.56. The number of rotatable bonds is 5. The summed E-state index contributed by atoms with van der Waals surface area (Å²) < 4.78 is 45.0. The second kappa shape index (κ2) is 8.95. The number of hydrogen-bond donors (Lipinski definition) is 1. The number of nitrogens with one attached hydrogen (secondary N) is 1. The van der Waals surface area contributed by atoms with Gasteiger partial charge in [-0.3, -0.25) is 4.79 Å². The second-order valence-electron chi connectivity index (χ2n) is 7.02. The van der Waals surface area contributed by atoms with Gasteiger partial charge in [0.25, 0.3) is 5.91 Å². The van der Waals surface area contributed by atoms with E-state index in [-0.39, 0.29) is 12.3 Å². The number of nitrogens with zero attached hydrogens (tertiary/aromatic N) is 1. The Labute approximate surface area is 172 Å². The third-order valence-corrected chi connectivity index (χ3v) is 5.03. The fourth-order valence-corrected chi connectivity index (χ4v) is 3.55. The van der Waals surface area contributed by atoms with E-state index in [0.29, 0.717) is 16.5 Å². The minimum absolute atomic E-state index is 0.142. The molecule has 8 heteroatoms. The van der Waals surface area contributed by atoms with E-state index in [1.807, 2.05) is 4.90 Å². The van der Waals surface area contributed by atoms with Crippen LogP contribution >= 0.6 is 11.6 Å². The molecule has 1 aliphatic rings. The molecule has 29 heavy (non-hydrogen) atoms. The summed E-state index contributed by atoms with van der Waals surface area (Å²) in [6, 6.07) is 8.45. The lowest BCUT2D eigenvalue weighted by Crippen LogP contribution is -2.31. The van der Waals surface area contributed by atoms with Gasteiger partial charge in [0.05, 0.1) is 16.9 Å². The molecule has 4 nitrogen and oxygen atoms in total. The SMILES string of the molecule is Cc1cc(Cl)ccc1OCC(=O)Nc1cc(C(F)(F)F)ccc1N1CCCCC1. The third-order valence-electron chi connectivity index (χ3n) is 4.79. The Bertz CT molecular complexity index is 881. The average Bonchev–Trinajstić information content (AvgIpc) is 2.67. The Kier molecular flexibility index (Phi) is 6.57. The number of piperidine rings is 1. The van der Waals surface area contributed by atoms with Crippen molar-refractivity contribution < 1.29 is 22.7 Å². The molecule has 1 aliphatic heterocycles. The van der Waals surface area contributed by atoms with E-state index in [0.717, 1.165) is 50.0 Å². The second-order valence-corrected chi connectivity index (χ2v) is 7.46. The quantitative estimate of drug-likeness (QED) is 0.669. The van der Waals surface area contributed by atoms with E-state index in [4.69, 9.17) is 16.3 Å². The van der Waals surface area contributed by atoms with Gasteiger partial charge < -0.3 is 15.0 Å². The van der Waals surface area contributed by atoms with Crippen molar-refractivity contribution in [2.24, 2.45) is 0 Å². The highest BCUT2D eigenvalue weighted by Gasteiger charge is 2.32. The van der Waals surface area contributed by atoms with Gasteiger partial charge in [-0.05, 0) is 68.1 Å². The van der Waals surface area contributed by atoms with Crippen LogP contribution < -0.4 is 15.0 Å². The monoisotopic (exact) mass is 426 g/mol. The van der Waals surface area contributed by atoms with Crippen molar-refractivity contribution in [3.8, 4) is 5.75 Å². The van der Waals surface area contributed by atoms with Crippen LogP contribution in [0.15, 0.2) is 36.4 Å². The predicted octanol–water partition coefficient (Wildman–Crippen LogP) is 5.68. The van der Waals surface area contributed by atoms with E-state index in [1.54, 1.807) is 25.1 Å². The normalized spacial score (nSPS) is 14.6. The number of carbonyl (C=O) groups is 1. The molecule has 2 aromatic carbocycles. The van der Waals surface area contributed by atoms with Crippen LogP contribution in [0.5, 0.6) is 5.75 Å². The standard InChI is InChI=1S/C21H22ClF3N2O2/c1-14-11-16(22)6-8-19(14)29-13-20(28)26-17-12-15(21(23,24)25)5-7-18(17)27-9-3-2-4-10-27/h5-8,11-12H,2-4,9-10,13H2,1H3,(H,26,28). The first kappa shape index (κ1) is 21.3. The maximum absolute atomic E-state index is 13.2. The number of aryl methyl sites for hydroxylation is 1. The van der Waals surface area contributed by atoms with Gasteiger partial charge in [-0.2, -0.15) is 13.2 Å². The van der Waals surface area contributed by atoms with Crippen molar-refractivity contribution in [2.45, 2.75) is 32.4 Å². The molecule has 1 saturated heterocycles. The van der Waals surface area contributed by atoms with Gasteiger partial charge in [-0.25, -0.2) is 0 Å². The summed E-state index contributed by atoms with van der Waals surface area (Å²) in [7, 11) is 0. The summed E-state index contributed by atoms with van der Waals surface area (Å²) >= 11 is 5.90. The van der Waals surface area contributed by atoms with Crippen LogP contribution in [0.3, 0.4) is 0 Å². The first-order valence-electron chi connectivity index (χ1n) is 9.39. The van der Waals surface area contributed by atoms with Crippen molar-refractivity contribution in [3.63, 3.8) is 0 Å². The largest absolute Gasteiger partial charge is 0.483 e. The fourth-order valence-electron chi connectivity index (χ4n) is 3.33. The Morgan fingerprint density at radius 3 is 2.52 bits per heavy atom. The van der Waals surface area contributed by atoms with Crippen molar-refractivity contribution in [1.82, 2.24) is 0 Å². The minimum atomic E-state index is -4.49. The number of halogens is 4. The Morgan fingerprint density at radius 2 is 1.86 bits per heavy atom. The van der Waals surface area contributed by atoms with Gasteiger partial charge in [0, 0.05) is 18.1 Å². The van der Waals surface area contributed by atoms with E-state index >= 15 is 0 Å². The zero-order chi connectivity index (χ0) is 21.0. The van der Waals surface area contributed by atoms with E-state index in [1.165, 1.54) is 6.07 Å². The zero-order valence-corrected chi connectivity index (χ0v) is 16.7. The van der Waals surface area contributed by atoms with Crippen LogP contribution in [0.1, 0.15) is 30.4 Å². The molecule has 1 amide bonds. The van der Waals surface area contributed by atoms with Crippen LogP contribution in [0, 0.1) is 6.92 Å². The average molecular weight is 427 g/mol. The number of amides is 1. The lowest BCUT2D eigenvalue weighted by molar-refractivity contribution is -0.137. The lowest BCUT2D eigenvalue weighted by Gasteiger charge is -2.31. The molecule has 0 radical (unpaired) electrons. The molecule has 0 aliphatic carbocycles. The molecule has 1 fully saturated rings. The zero-order valence-electron chi connectivity index (χ0n) is 16.0. The number of hydrogen-bond acceptors (Lipinski definition) is 3. The molecular formula is C21H22ClF3N2O2. The lowest BCUT2D eigenvalue weighted by atomic mass is 10.1. The molecule has 0 unspecified atom stereocenters. The Morgan fingerprint density at radius 1 is 1.14 bits per heavy atom. The van der Waals surface area contributed by atoms with Crippen molar-refractivity contribution in [3.05, 3.63) is 52.5 Å². The summed E-state index contributed by atoms with van der Waals surface area (Å²) in [6.45, 7) is 2.96. The van der Waals surface area contributed by atoms with Gasteiger partial charge in [-0.1, -0.05) is 11.6 Å². The first-order valence-corrected chi connectivity index (χ1v) is 9.77. The molecule has 0 bridgehead atoms. The highest BCUT2D eigenvalue weighted by atomic mass is 35.5. The smallest absolute Gasteiger partial charge is 0.416 e. The summed E-state index contributed by atoms with van der Waals surface area (Å²) in [6.07, 6.45) is -1.47. The number of carbonyl (C=O) groups excluding carboxylic acids is 1. The van der Waals surface area contributed by atoms with Crippen LogP contribution in [-0.4, -0.2) is 25.6 Å². The molecule has 1 heterocycles. The highest BCUT2D eigenvalue weighted by Crippen LogP contribution is 2.36. The van der Waals surface area contributed by atoms with Crippen LogP contribution in [-0.2, 0) is 11.0 Å². The van der Waals surface area contributed by atoms with Crippen LogP contribution in [0.25, 0.3) is 0 Å². The van der Waals surface area contributed by atoms with E-state index in [2.05, 4.69) is 5.32 Å². The Hall–Kier alpha value is -2.41. The van der Waals surface area contributed by atoms with Crippen molar-refractivity contribution >= 4 is 28.9 Å². The van der Waals surface area contributed by atoms with Crippen LogP contribution in [0.2, 0.25) is 5.02 Å².